The lowest BCUT2D eigenvalue weighted by Crippen LogP contribution is -2.70. The minimum Gasteiger partial charge on any atom is -0.472 e. The van der Waals surface area contributed by atoms with E-state index in [2.05, 4.69) is 24.8 Å². The molecule has 3 atom stereocenters. The first kappa shape index (κ1) is 31.2. The molecule has 5 N–H and O–H groups in total. The zero-order chi connectivity index (χ0) is 30.9. The Morgan fingerprint density at radius 2 is 2.07 bits per heavy atom. The molecule has 0 radical (unpaired) electrons. The van der Waals surface area contributed by atoms with Gasteiger partial charge in [-0.3, -0.25) is 19.0 Å². The molecule has 0 aromatic carbocycles. The van der Waals surface area contributed by atoms with Gasteiger partial charge >= 0.3 is 13.0 Å². The number of amides is 2. The van der Waals surface area contributed by atoms with Gasteiger partial charge in [-0.25, -0.2) is 18.9 Å². The van der Waals surface area contributed by atoms with Crippen molar-refractivity contribution in [2.24, 2.45) is 12.2 Å². The fourth-order valence-electron chi connectivity index (χ4n) is 4.15. The molecule has 2 aliphatic rings. The van der Waals surface area contributed by atoms with Crippen molar-refractivity contribution in [3.05, 3.63) is 35.7 Å². The normalized spacial score (nSPS) is 20.3. The summed E-state index contributed by atoms with van der Waals surface area (Å²) in [6.07, 6.45) is 4.61. The lowest BCUT2D eigenvalue weighted by molar-refractivity contribution is -0.671. The van der Waals surface area contributed by atoms with Crippen molar-refractivity contribution in [2.75, 3.05) is 11.7 Å². The number of carbonyl (C=O) groups is 3. The van der Waals surface area contributed by atoms with Gasteiger partial charge in [0.25, 0.3) is 11.8 Å². The Hall–Kier alpha value is -3.26. The zero-order valence-electron chi connectivity index (χ0n) is 22.3. The Bertz CT molecular complexity index is 1690. The number of aryl methyl sites for hydroxylation is 1. The smallest absolute Gasteiger partial charge is 0.429 e. The van der Waals surface area contributed by atoms with Crippen molar-refractivity contribution in [1.29, 1.82) is 0 Å². The van der Waals surface area contributed by atoms with Crippen molar-refractivity contribution < 1.29 is 43.2 Å². The van der Waals surface area contributed by atoms with E-state index in [1.807, 2.05) is 46.6 Å². The van der Waals surface area contributed by atoms with E-state index in [0.717, 1.165) is 11.3 Å². The van der Waals surface area contributed by atoms with Crippen molar-refractivity contribution in [3.63, 3.8) is 0 Å². The minimum absolute atomic E-state index is 0.0929. The van der Waals surface area contributed by atoms with E-state index in [1.54, 1.807) is 6.92 Å². The number of carbonyl (C=O) groups excluding carboxylic acids is 2. The van der Waals surface area contributed by atoms with Gasteiger partial charge in [0.1, 0.15) is 19.7 Å². The number of fused-ring (bicyclic) bond motifs is 1. The first-order valence-corrected chi connectivity index (χ1v) is 17.7. The predicted molar refractivity (Wildman–Crippen MR) is 161 cm³/mol. The zero-order valence-corrected chi connectivity index (χ0v) is 26.5. The van der Waals surface area contributed by atoms with Gasteiger partial charge in [-0.05, 0) is 19.8 Å². The molecule has 1 unspecified atom stereocenters. The number of β-lactam (4-membered cyclic amide) rings is 1. The van der Waals surface area contributed by atoms with E-state index in [-0.39, 0.29) is 17.6 Å². The lowest BCUT2D eigenvalue weighted by Gasteiger charge is -2.50. The molecule has 5 rings (SSSR count). The highest BCUT2D eigenvalue weighted by Gasteiger charge is 2.53. The van der Waals surface area contributed by atoms with Gasteiger partial charge in [-0.1, -0.05) is 16.9 Å². The standard InChI is InChI=1S/C22H23N8O8PS4/c1-3-38-26-16(17-25-20(42-28-17)27-39(35,36)37)18(31)24-15-13-4-5-14(43(22(33)34)30(13)19(15)32)41-21-23-12(10-40-21)11-6-8-29(2)9-7-11/h6-10,13,15H,3-5H2,1-2H3,(H4-,24,25,27,28,31,33,34,35,36,37)/p+1/t13-,15-,43?/m1/s1. The van der Waals surface area contributed by atoms with Crippen molar-refractivity contribution >= 4 is 85.2 Å². The van der Waals surface area contributed by atoms with Gasteiger partial charge in [0.2, 0.25) is 16.7 Å². The van der Waals surface area contributed by atoms with Crippen LogP contribution in [0.1, 0.15) is 25.6 Å². The summed E-state index contributed by atoms with van der Waals surface area (Å²) < 4.78 is 19.6. The summed E-state index contributed by atoms with van der Waals surface area (Å²) in [5.74, 6) is -1.70. The number of carboxylic acid groups (broad SMARTS) is 1. The number of thiazole rings is 1. The number of anilines is 1. The lowest BCUT2D eigenvalue weighted by atomic mass is 9.94. The summed E-state index contributed by atoms with van der Waals surface area (Å²) in [5, 5.41) is 18.7. The minimum atomic E-state index is -4.67. The Kier molecular flexibility index (Phi) is 9.26. The topological polar surface area (TPSA) is 220 Å². The highest BCUT2D eigenvalue weighted by molar-refractivity contribution is 8.39. The van der Waals surface area contributed by atoms with Gasteiger partial charge in [-0.2, -0.15) is 9.36 Å². The van der Waals surface area contributed by atoms with Crippen LogP contribution in [0.4, 0.5) is 9.93 Å². The van der Waals surface area contributed by atoms with Crippen molar-refractivity contribution in [3.8, 4) is 11.3 Å². The summed E-state index contributed by atoms with van der Waals surface area (Å²) >= 11 is 3.23. The molecule has 0 bridgehead atoms. The Balaban J connectivity index is 1.31. The number of pyridine rings is 1. The molecule has 0 saturated carbocycles. The fraction of sp³-hybridized carbons (Fsp3) is 0.318. The van der Waals surface area contributed by atoms with Crippen LogP contribution in [-0.4, -0.2) is 79.3 Å². The van der Waals surface area contributed by atoms with Crippen LogP contribution in [0.2, 0.25) is 0 Å². The summed E-state index contributed by atoms with van der Waals surface area (Å²) in [5.41, 5.74) is 1.29. The number of aromatic nitrogens is 4. The molecule has 16 nitrogen and oxygen atoms in total. The second-order valence-corrected chi connectivity index (χ2v) is 15.3. The van der Waals surface area contributed by atoms with E-state index in [1.165, 1.54) is 27.4 Å². The summed E-state index contributed by atoms with van der Waals surface area (Å²) in [6, 6.07) is 2.28. The first-order valence-electron chi connectivity index (χ1n) is 12.4. The third kappa shape index (κ3) is 6.95. The predicted octanol–water partition coefficient (Wildman–Crippen LogP) is 2.00. The monoisotopic (exact) mass is 687 g/mol. The van der Waals surface area contributed by atoms with Gasteiger partial charge in [0.05, 0.1) is 11.7 Å². The van der Waals surface area contributed by atoms with Crippen LogP contribution in [0, 0.1) is 0 Å². The molecule has 2 aliphatic heterocycles. The molecule has 1 saturated heterocycles. The highest BCUT2D eigenvalue weighted by atomic mass is 32.2. The van der Waals surface area contributed by atoms with Crippen LogP contribution < -0.4 is 15.0 Å². The summed E-state index contributed by atoms with van der Waals surface area (Å²) in [6.45, 7) is 1.71. The average Bonchev–Trinajstić information content (AvgIpc) is 3.60. The van der Waals surface area contributed by atoms with Crippen LogP contribution in [0.3, 0.4) is 0 Å². The summed E-state index contributed by atoms with van der Waals surface area (Å²) in [4.78, 5) is 70.4. The van der Waals surface area contributed by atoms with Gasteiger partial charge in [0.15, 0.2) is 16.7 Å². The Morgan fingerprint density at radius 1 is 1.33 bits per heavy atom. The van der Waals surface area contributed by atoms with E-state index >= 15 is 0 Å². The Labute approximate surface area is 258 Å². The molecular weight excluding hydrogens is 664 g/mol. The maximum Gasteiger partial charge on any atom is 0.429 e. The van der Waals surface area contributed by atoms with Gasteiger partial charge in [-0.15, -0.1) is 11.3 Å². The van der Waals surface area contributed by atoms with Crippen LogP contribution in [-0.2, 0) is 26.0 Å². The fourth-order valence-corrected chi connectivity index (χ4v) is 9.99. The third-order valence-electron chi connectivity index (χ3n) is 6.02. The number of hydrogen-bond acceptors (Lipinski definition) is 12. The number of nitrogens with one attached hydrogen (secondary N) is 2. The number of hydrogen-bond donors (Lipinski definition) is 5. The van der Waals surface area contributed by atoms with Crippen LogP contribution >= 0.6 is 53.0 Å². The third-order valence-corrected chi connectivity index (χ3v) is 11.7. The van der Waals surface area contributed by atoms with Gasteiger partial charge in [0, 0.05) is 49.5 Å². The number of rotatable bonds is 9. The van der Waals surface area contributed by atoms with E-state index < -0.39 is 53.3 Å². The SMILES string of the molecule is CCON=C(C(=O)N[C@H]1C(=O)N2[C@@H]1CCC(Sc1nc(-c3cc[n+](C)cc3)cs1)=S2C(=O)O)c1nsc(NP(=O)(O)O)n1. The molecule has 0 spiro atoms. The van der Waals surface area contributed by atoms with Crippen LogP contribution in [0.25, 0.3) is 11.3 Å². The Morgan fingerprint density at radius 3 is 2.74 bits per heavy atom. The maximum atomic E-state index is 13.2. The molecule has 3 aromatic rings. The molecule has 1 fully saturated rings. The van der Waals surface area contributed by atoms with E-state index in [4.69, 9.17) is 14.6 Å². The largest absolute Gasteiger partial charge is 0.472 e. The molecule has 21 heteroatoms. The molecule has 228 valence electrons. The number of nitrogens with zero attached hydrogens (tertiary/aromatic N) is 6. The van der Waals surface area contributed by atoms with Crippen molar-refractivity contribution in [2.45, 2.75) is 36.2 Å². The maximum absolute atomic E-state index is 13.2. The quantitative estimate of drug-likeness (QED) is 0.0543. The van der Waals surface area contributed by atoms with Crippen LogP contribution in [0.15, 0.2) is 39.4 Å². The molecule has 0 aliphatic carbocycles. The first-order chi connectivity index (χ1) is 20.4. The highest BCUT2D eigenvalue weighted by Crippen LogP contribution is 2.46. The van der Waals surface area contributed by atoms with Gasteiger partial charge < -0.3 is 25.0 Å². The molecular formula is C22H24N8O8PS4+. The molecule has 2 amide bonds. The average molecular weight is 688 g/mol. The second kappa shape index (κ2) is 12.8. The van der Waals surface area contributed by atoms with Crippen molar-refractivity contribution in [1.82, 2.24) is 24.0 Å². The molecule has 5 heterocycles. The second-order valence-electron chi connectivity index (χ2n) is 8.93. The number of thioether (sulfide) groups is 1. The molecule has 43 heavy (non-hydrogen) atoms. The van der Waals surface area contributed by atoms with E-state index in [9.17, 15) is 24.1 Å². The van der Waals surface area contributed by atoms with E-state index in [0.29, 0.717) is 32.9 Å². The van der Waals surface area contributed by atoms with Crippen LogP contribution in [0.5, 0.6) is 0 Å². The summed E-state index contributed by atoms with van der Waals surface area (Å²) in [7, 11) is -4.31. The number of oxime groups is 1. The molecule has 3 aromatic heterocycles.